The van der Waals surface area contributed by atoms with E-state index in [0.29, 0.717) is 22.4 Å². The topological polar surface area (TPSA) is 71.2 Å². The Morgan fingerprint density at radius 3 is 2.54 bits per heavy atom. The Morgan fingerprint density at radius 2 is 1.92 bits per heavy atom. The van der Waals surface area contributed by atoms with Gasteiger partial charge in [-0.25, -0.2) is 4.98 Å². The quantitative estimate of drug-likeness (QED) is 0.742. The predicted octanol–water partition coefficient (Wildman–Crippen LogP) is 2.58. The first-order valence-electron chi connectivity index (χ1n) is 7.34. The third kappa shape index (κ3) is 2.57. The number of nitrogens with zero attached hydrogens (tertiary/aromatic N) is 4. The molecule has 0 atom stereocenters. The highest BCUT2D eigenvalue weighted by Gasteiger charge is 2.14. The molecule has 0 aliphatic heterocycles. The van der Waals surface area contributed by atoms with E-state index in [0.717, 1.165) is 11.4 Å². The summed E-state index contributed by atoms with van der Waals surface area (Å²) < 4.78 is 6.69. The zero-order chi connectivity index (χ0) is 17.3. The molecule has 24 heavy (non-hydrogen) atoms. The maximum Gasteiger partial charge on any atom is 0.252 e. The van der Waals surface area contributed by atoms with Gasteiger partial charge in [0.25, 0.3) is 5.56 Å². The SMILES string of the molecule is COc1ccc(N(C)c2cc(=O)n(C)c3ccc(C#N)nc23)cc1. The summed E-state index contributed by atoms with van der Waals surface area (Å²) in [4.78, 5) is 18.5. The second-order valence-electron chi connectivity index (χ2n) is 5.36. The first-order chi connectivity index (χ1) is 11.5. The normalized spacial score (nSPS) is 10.4. The first-order valence-corrected chi connectivity index (χ1v) is 7.34. The number of fused-ring (bicyclic) bond motifs is 1. The molecule has 120 valence electrons. The molecule has 0 saturated carbocycles. The van der Waals surface area contributed by atoms with E-state index in [1.54, 1.807) is 26.3 Å². The molecule has 3 aromatic rings. The van der Waals surface area contributed by atoms with E-state index in [4.69, 9.17) is 10.00 Å². The smallest absolute Gasteiger partial charge is 0.252 e. The van der Waals surface area contributed by atoms with Gasteiger partial charge in [0.1, 0.15) is 23.0 Å². The van der Waals surface area contributed by atoms with Crippen molar-refractivity contribution in [1.29, 1.82) is 5.26 Å². The van der Waals surface area contributed by atoms with Crippen LogP contribution < -0.4 is 15.2 Å². The van der Waals surface area contributed by atoms with E-state index in [2.05, 4.69) is 4.98 Å². The van der Waals surface area contributed by atoms with Crippen molar-refractivity contribution in [2.75, 3.05) is 19.1 Å². The third-order valence-corrected chi connectivity index (χ3v) is 4.00. The summed E-state index contributed by atoms with van der Waals surface area (Å²) in [6.07, 6.45) is 0. The van der Waals surface area contributed by atoms with Gasteiger partial charge in [-0.15, -0.1) is 0 Å². The van der Waals surface area contributed by atoms with Crippen LogP contribution in [0.1, 0.15) is 5.69 Å². The number of benzene rings is 1. The molecule has 6 heteroatoms. The molecule has 1 aromatic carbocycles. The van der Waals surface area contributed by atoms with E-state index >= 15 is 0 Å². The van der Waals surface area contributed by atoms with Crippen molar-refractivity contribution in [2.24, 2.45) is 7.05 Å². The van der Waals surface area contributed by atoms with Crippen molar-refractivity contribution in [1.82, 2.24) is 9.55 Å². The average molecular weight is 320 g/mol. The molecule has 0 unspecified atom stereocenters. The number of pyridine rings is 2. The van der Waals surface area contributed by atoms with E-state index in [9.17, 15) is 4.79 Å². The molecule has 0 bridgehead atoms. The number of rotatable bonds is 3. The number of methoxy groups -OCH3 is 1. The zero-order valence-corrected chi connectivity index (χ0v) is 13.6. The second kappa shape index (κ2) is 6.05. The van der Waals surface area contributed by atoms with Gasteiger partial charge >= 0.3 is 0 Å². The first kappa shape index (κ1) is 15.6. The fourth-order valence-electron chi connectivity index (χ4n) is 2.57. The summed E-state index contributed by atoms with van der Waals surface area (Å²) in [5, 5.41) is 9.12. The summed E-state index contributed by atoms with van der Waals surface area (Å²) in [5.74, 6) is 0.755. The highest BCUT2D eigenvalue weighted by Crippen LogP contribution is 2.29. The maximum atomic E-state index is 12.3. The van der Waals surface area contributed by atoms with Crippen LogP contribution >= 0.6 is 0 Å². The van der Waals surface area contributed by atoms with Crippen LogP contribution in [0.5, 0.6) is 5.75 Å². The minimum Gasteiger partial charge on any atom is -0.497 e. The molecule has 2 heterocycles. The van der Waals surface area contributed by atoms with Crippen LogP contribution in [0.3, 0.4) is 0 Å². The number of aromatic nitrogens is 2. The van der Waals surface area contributed by atoms with Crippen molar-refractivity contribution >= 4 is 22.4 Å². The van der Waals surface area contributed by atoms with Crippen molar-refractivity contribution in [3.8, 4) is 11.8 Å². The summed E-state index contributed by atoms with van der Waals surface area (Å²) in [6.45, 7) is 0. The maximum absolute atomic E-state index is 12.3. The fourth-order valence-corrected chi connectivity index (χ4v) is 2.57. The van der Waals surface area contributed by atoms with Gasteiger partial charge in [-0.3, -0.25) is 4.79 Å². The Hall–Kier alpha value is -3.33. The van der Waals surface area contributed by atoms with Gasteiger partial charge in [-0.1, -0.05) is 0 Å². The Kier molecular flexibility index (Phi) is 3.92. The van der Waals surface area contributed by atoms with Crippen LogP contribution in [0.4, 0.5) is 11.4 Å². The van der Waals surface area contributed by atoms with Crippen LogP contribution in [0.2, 0.25) is 0 Å². The highest BCUT2D eigenvalue weighted by molar-refractivity contribution is 5.90. The minimum atomic E-state index is -0.135. The fraction of sp³-hybridized carbons (Fsp3) is 0.167. The lowest BCUT2D eigenvalue weighted by Gasteiger charge is -2.21. The minimum absolute atomic E-state index is 0.135. The summed E-state index contributed by atoms with van der Waals surface area (Å²) in [7, 11) is 5.16. The number of nitriles is 1. The van der Waals surface area contributed by atoms with Gasteiger partial charge in [0, 0.05) is 25.8 Å². The Labute approximate surface area is 139 Å². The average Bonchev–Trinajstić information content (AvgIpc) is 2.63. The molecule has 0 radical (unpaired) electrons. The van der Waals surface area contributed by atoms with Crippen molar-refractivity contribution in [3.05, 3.63) is 58.5 Å². The molecule has 0 aliphatic rings. The molecule has 0 N–H and O–H groups in total. The van der Waals surface area contributed by atoms with Crippen molar-refractivity contribution < 1.29 is 4.74 Å². The third-order valence-electron chi connectivity index (χ3n) is 4.00. The Balaban J connectivity index is 2.22. The second-order valence-corrected chi connectivity index (χ2v) is 5.36. The molecular formula is C18H16N4O2. The van der Waals surface area contributed by atoms with Crippen LogP contribution in [0.25, 0.3) is 11.0 Å². The lowest BCUT2D eigenvalue weighted by molar-refractivity contribution is 0.415. The van der Waals surface area contributed by atoms with E-state index in [1.807, 2.05) is 42.3 Å². The van der Waals surface area contributed by atoms with Crippen molar-refractivity contribution in [3.63, 3.8) is 0 Å². The summed E-state index contributed by atoms with van der Waals surface area (Å²) in [6, 6.07) is 14.4. The van der Waals surface area contributed by atoms with Crippen LogP contribution in [-0.4, -0.2) is 23.7 Å². The lowest BCUT2D eigenvalue weighted by Crippen LogP contribution is -2.20. The standard InChI is InChI=1S/C18H16N4O2/c1-21(13-5-7-14(24-3)8-6-13)16-10-17(23)22(2)15-9-4-12(11-19)20-18(15)16/h4-10H,1-3H3. The lowest BCUT2D eigenvalue weighted by atomic mass is 10.2. The number of aryl methyl sites for hydroxylation is 1. The van der Waals surface area contributed by atoms with Crippen LogP contribution in [0, 0.1) is 11.3 Å². The molecule has 0 aliphatic carbocycles. The molecule has 3 rings (SSSR count). The summed E-state index contributed by atoms with van der Waals surface area (Å²) in [5.41, 5.74) is 2.99. The molecular weight excluding hydrogens is 304 g/mol. The van der Waals surface area contributed by atoms with E-state index in [-0.39, 0.29) is 5.56 Å². The molecule has 0 amide bonds. The molecule has 0 fully saturated rings. The largest absolute Gasteiger partial charge is 0.497 e. The molecule has 0 saturated heterocycles. The molecule has 2 aromatic heterocycles. The predicted molar refractivity (Wildman–Crippen MR) is 92.8 cm³/mol. The Morgan fingerprint density at radius 1 is 1.21 bits per heavy atom. The number of anilines is 2. The monoisotopic (exact) mass is 320 g/mol. The summed E-state index contributed by atoms with van der Waals surface area (Å²) >= 11 is 0. The van der Waals surface area contributed by atoms with Crippen molar-refractivity contribution in [2.45, 2.75) is 0 Å². The van der Waals surface area contributed by atoms with Gasteiger partial charge in [0.2, 0.25) is 0 Å². The van der Waals surface area contributed by atoms with Gasteiger partial charge in [0.15, 0.2) is 0 Å². The van der Waals surface area contributed by atoms with Gasteiger partial charge in [0.05, 0.1) is 18.3 Å². The van der Waals surface area contributed by atoms with Crippen LogP contribution in [-0.2, 0) is 7.05 Å². The molecule has 6 nitrogen and oxygen atoms in total. The van der Waals surface area contributed by atoms with Gasteiger partial charge in [-0.05, 0) is 36.4 Å². The number of ether oxygens (including phenoxy) is 1. The number of hydrogen-bond donors (Lipinski definition) is 0. The van der Waals surface area contributed by atoms with Gasteiger partial charge < -0.3 is 14.2 Å². The molecule has 0 spiro atoms. The van der Waals surface area contributed by atoms with Gasteiger partial charge in [-0.2, -0.15) is 5.26 Å². The van der Waals surface area contributed by atoms with E-state index in [1.165, 1.54) is 10.6 Å². The highest BCUT2D eigenvalue weighted by atomic mass is 16.5. The van der Waals surface area contributed by atoms with E-state index < -0.39 is 0 Å². The number of hydrogen-bond acceptors (Lipinski definition) is 5. The zero-order valence-electron chi connectivity index (χ0n) is 13.6. The van der Waals surface area contributed by atoms with Crippen LogP contribution in [0.15, 0.2) is 47.3 Å². The Bertz CT molecular complexity index is 1000.